The van der Waals surface area contributed by atoms with E-state index in [4.69, 9.17) is 0 Å². The number of nitrogens with zero attached hydrogens (tertiary/aromatic N) is 1. The van der Waals surface area contributed by atoms with Crippen LogP contribution in [0, 0.1) is 27.7 Å². The number of anilines is 1. The molecule has 0 spiro atoms. The Hall–Kier alpha value is -3.17. The minimum Gasteiger partial charge on any atom is -0.506 e. The lowest BCUT2D eigenvalue weighted by Gasteiger charge is -2.16. The van der Waals surface area contributed by atoms with Gasteiger partial charge in [0.15, 0.2) is 0 Å². The number of amidine groups is 1. The number of hydrogen-bond acceptors (Lipinski definition) is 5. The first-order valence-electron chi connectivity index (χ1n) is 10.1. The van der Waals surface area contributed by atoms with E-state index < -0.39 is 19.9 Å². The molecule has 0 aliphatic carbocycles. The van der Waals surface area contributed by atoms with Gasteiger partial charge in [0.2, 0.25) is 9.84 Å². The zero-order valence-corrected chi connectivity index (χ0v) is 20.7. The minimum atomic E-state index is -4.01. The first-order chi connectivity index (χ1) is 15.3. The van der Waals surface area contributed by atoms with Crippen LogP contribution in [0.25, 0.3) is 0 Å². The Kier molecular flexibility index (Phi) is 6.67. The Balaban J connectivity index is 2.04. The van der Waals surface area contributed by atoms with Crippen molar-refractivity contribution in [3.63, 3.8) is 0 Å². The molecule has 0 aromatic heterocycles. The number of hydrogen-bond donors (Lipinski definition) is 2. The van der Waals surface area contributed by atoms with Gasteiger partial charge in [-0.1, -0.05) is 35.4 Å². The topological polar surface area (TPSA) is 113 Å². The average Bonchev–Trinajstić information content (AvgIpc) is 2.74. The maximum absolute atomic E-state index is 13.2. The third-order valence-electron chi connectivity index (χ3n) is 5.34. The summed E-state index contributed by atoms with van der Waals surface area (Å²) < 4.78 is 55.5. The van der Waals surface area contributed by atoms with Crippen molar-refractivity contribution in [1.29, 1.82) is 0 Å². The number of sulfonamides is 1. The van der Waals surface area contributed by atoms with E-state index in [0.29, 0.717) is 16.8 Å². The molecule has 0 radical (unpaired) electrons. The van der Waals surface area contributed by atoms with Gasteiger partial charge in [-0.15, -0.1) is 4.40 Å². The summed E-state index contributed by atoms with van der Waals surface area (Å²) in [5.41, 5.74) is 3.08. The maximum atomic E-state index is 13.2. The molecular weight excluding hydrogens is 460 g/mol. The van der Waals surface area contributed by atoms with Gasteiger partial charge in [-0.25, -0.2) is 8.42 Å². The van der Waals surface area contributed by atoms with E-state index in [2.05, 4.69) is 9.71 Å². The highest BCUT2D eigenvalue weighted by atomic mass is 32.2. The standard InChI is InChI=1S/C24H26N2O5S2/c1-15-6-10-20(11-7-15)32(28,29)23-14-22(17(3)18(4)24(23)27)25-19(5)26-33(30,31)21-12-8-16(2)9-13-21/h6-14,27H,1-5H3,(H,25,26). The second-order valence-electron chi connectivity index (χ2n) is 7.93. The highest BCUT2D eigenvalue weighted by Crippen LogP contribution is 2.37. The molecule has 7 nitrogen and oxygen atoms in total. The van der Waals surface area contributed by atoms with Gasteiger partial charge in [0, 0.05) is 5.69 Å². The Morgan fingerprint density at radius 1 is 0.788 bits per heavy atom. The van der Waals surface area contributed by atoms with Gasteiger partial charge >= 0.3 is 0 Å². The summed E-state index contributed by atoms with van der Waals surface area (Å²) in [7, 11) is -7.97. The molecule has 0 unspecified atom stereocenters. The van der Waals surface area contributed by atoms with Crippen LogP contribution in [-0.4, -0.2) is 27.8 Å². The molecule has 33 heavy (non-hydrogen) atoms. The third kappa shape index (κ3) is 5.09. The lowest BCUT2D eigenvalue weighted by molar-refractivity contribution is 0.454. The highest BCUT2D eigenvalue weighted by molar-refractivity contribution is 7.91. The molecule has 0 bridgehead atoms. The predicted molar refractivity (Wildman–Crippen MR) is 129 cm³/mol. The quantitative estimate of drug-likeness (QED) is 0.308. The lowest BCUT2D eigenvalue weighted by Crippen LogP contribution is -2.13. The highest BCUT2D eigenvalue weighted by Gasteiger charge is 2.25. The normalized spacial score (nSPS) is 12.6. The summed E-state index contributed by atoms with van der Waals surface area (Å²) >= 11 is 0. The van der Waals surface area contributed by atoms with Crippen LogP contribution in [0.5, 0.6) is 5.75 Å². The lowest BCUT2D eigenvalue weighted by atomic mass is 10.1. The number of sulfone groups is 1. The SMILES string of the molecule is CC(=NS(=O)(=O)c1ccc(C)cc1)Nc1cc(S(=O)(=O)c2ccc(C)cc2)c(O)c(C)c1C. The molecule has 0 atom stereocenters. The van der Waals surface area contributed by atoms with E-state index in [-0.39, 0.29) is 26.3 Å². The molecule has 0 amide bonds. The summed E-state index contributed by atoms with van der Waals surface area (Å²) in [5, 5.41) is 13.5. The summed E-state index contributed by atoms with van der Waals surface area (Å²) in [6.45, 7) is 8.46. The minimum absolute atomic E-state index is 0.0462. The summed E-state index contributed by atoms with van der Waals surface area (Å²) in [4.78, 5) is -0.174. The van der Waals surface area contributed by atoms with Crippen LogP contribution in [0.3, 0.4) is 0 Å². The van der Waals surface area contributed by atoms with E-state index in [1.165, 1.54) is 37.3 Å². The van der Waals surface area contributed by atoms with Gasteiger partial charge in [0.25, 0.3) is 10.0 Å². The monoisotopic (exact) mass is 486 g/mol. The molecule has 9 heteroatoms. The Bertz CT molecular complexity index is 1440. The fourth-order valence-corrected chi connectivity index (χ4v) is 5.63. The van der Waals surface area contributed by atoms with Gasteiger partial charge in [0.1, 0.15) is 16.5 Å². The van der Waals surface area contributed by atoms with Gasteiger partial charge in [0.05, 0.1) is 9.79 Å². The van der Waals surface area contributed by atoms with E-state index in [9.17, 15) is 21.9 Å². The Morgan fingerprint density at radius 2 is 1.27 bits per heavy atom. The molecule has 0 saturated heterocycles. The van der Waals surface area contributed by atoms with E-state index in [1.807, 2.05) is 13.8 Å². The van der Waals surface area contributed by atoms with Crippen molar-refractivity contribution in [2.45, 2.75) is 49.3 Å². The number of aryl methyl sites for hydroxylation is 2. The first-order valence-corrected chi connectivity index (χ1v) is 13.1. The van der Waals surface area contributed by atoms with Crippen molar-refractivity contribution in [1.82, 2.24) is 0 Å². The largest absolute Gasteiger partial charge is 0.506 e. The fraction of sp³-hybridized carbons (Fsp3) is 0.208. The van der Waals surface area contributed by atoms with E-state index in [1.54, 1.807) is 38.1 Å². The summed E-state index contributed by atoms with van der Waals surface area (Å²) in [6, 6.07) is 13.9. The molecule has 3 aromatic carbocycles. The van der Waals surface area contributed by atoms with Gasteiger partial charge in [-0.2, -0.15) is 8.42 Å². The van der Waals surface area contributed by atoms with Crippen LogP contribution in [0.2, 0.25) is 0 Å². The zero-order valence-electron chi connectivity index (χ0n) is 19.0. The van der Waals surface area contributed by atoms with E-state index in [0.717, 1.165) is 11.1 Å². The number of phenolic OH excluding ortho intramolecular Hbond substituents is 1. The molecule has 0 aliphatic rings. The molecule has 0 aliphatic heterocycles. The van der Waals surface area contributed by atoms with Crippen molar-refractivity contribution in [2.75, 3.05) is 5.32 Å². The molecule has 0 fully saturated rings. The maximum Gasteiger partial charge on any atom is 0.283 e. The third-order valence-corrected chi connectivity index (χ3v) is 8.51. The van der Waals surface area contributed by atoms with Gasteiger partial charge in [-0.3, -0.25) is 0 Å². The first kappa shape index (κ1) is 24.5. The number of phenols is 1. The molecule has 3 aromatic rings. The number of rotatable bonds is 5. The average molecular weight is 487 g/mol. The van der Waals surface area contributed by atoms with Crippen LogP contribution in [0.1, 0.15) is 29.2 Å². The molecule has 3 rings (SSSR count). The summed E-state index contributed by atoms with van der Waals surface area (Å²) in [5.74, 6) is -0.289. The van der Waals surface area contributed by atoms with Crippen LogP contribution < -0.4 is 5.32 Å². The van der Waals surface area contributed by atoms with Crippen LogP contribution >= 0.6 is 0 Å². The van der Waals surface area contributed by atoms with Crippen molar-refractivity contribution < 1.29 is 21.9 Å². The molecule has 2 N–H and O–H groups in total. The molecular formula is C24H26N2O5S2. The van der Waals surface area contributed by atoms with Crippen molar-refractivity contribution >= 4 is 31.4 Å². The molecule has 0 heterocycles. The smallest absolute Gasteiger partial charge is 0.283 e. The van der Waals surface area contributed by atoms with Crippen molar-refractivity contribution in [3.8, 4) is 5.75 Å². The van der Waals surface area contributed by atoms with Crippen LogP contribution in [0.4, 0.5) is 5.69 Å². The number of nitrogens with one attached hydrogen (secondary N) is 1. The second-order valence-corrected chi connectivity index (χ2v) is 11.4. The Labute approximate surface area is 194 Å². The van der Waals surface area contributed by atoms with Gasteiger partial charge < -0.3 is 10.4 Å². The predicted octanol–water partition coefficient (Wildman–Crippen LogP) is 4.68. The number of aromatic hydroxyl groups is 1. The fourth-order valence-electron chi connectivity index (χ4n) is 3.21. The summed E-state index contributed by atoms with van der Waals surface area (Å²) in [6.07, 6.45) is 0. The number of benzene rings is 3. The van der Waals surface area contributed by atoms with Crippen LogP contribution in [-0.2, 0) is 19.9 Å². The zero-order chi connectivity index (χ0) is 24.6. The Morgan fingerprint density at radius 3 is 1.79 bits per heavy atom. The van der Waals surface area contributed by atoms with Crippen molar-refractivity contribution in [3.05, 3.63) is 76.9 Å². The molecule has 0 saturated carbocycles. The van der Waals surface area contributed by atoms with Crippen LogP contribution in [0.15, 0.2) is 73.7 Å². The second kappa shape index (κ2) is 8.99. The molecule has 174 valence electrons. The van der Waals surface area contributed by atoms with Crippen molar-refractivity contribution in [2.24, 2.45) is 4.40 Å². The van der Waals surface area contributed by atoms with Gasteiger partial charge in [-0.05, 0) is 76.1 Å². The van der Waals surface area contributed by atoms with E-state index >= 15 is 0 Å².